The predicted octanol–water partition coefficient (Wildman–Crippen LogP) is 3.42. The summed E-state index contributed by atoms with van der Waals surface area (Å²) in [6.45, 7) is 7.44. The first-order valence-corrected chi connectivity index (χ1v) is 8.91. The van der Waals surface area contributed by atoms with Crippen LogP contribution in [0, 0.1) is 29.1 Å². The van der Waals surface area contributed by atoms with Gasteiger partial charge in [-0.3, -0.25) is 5.32 Å². The van der Waals surface area contributed by atoms with Crippen molar-refractivity contribution < 1.29 is 0 Å². The predicted molar refractivity (Wildman–Crippen MR) is 88.0 cm³/mol. The van der Waals surface area contributed by atoms with Gasteiger partial charge >= 0.3 is 0 Å². The van der Waals surface area contributed by atoms with E-state index in [1.54, 1.807) is 0 Å². The normalized spacial score (nSPS) is 30.5. The summed E-state index contributed by atoms with van der Waals surface area (Å²) in [5, 5.41) is 12.6. The molecule has 2 aliphatic rings. The molecule has 0 amide bonds. The number of nitrogens with one attached hydrogen (secondary N) is 1. The van der Waals surface area contributed by atoms with Crippen LogP contribution in [0.2, 0.25) is 0 Å². The molecule has 2 bridgehead atoms. The molecule has 0 spiro atoms. The van der Waals surface area contributed by atoms with Gasteiger partial charge in [0.1, 0.15) is 5.54 Å². The standard InChI is InChI=1S/C18H33N3/c1-4-20-18(2,14-19)9-5-6-10-21(3)13-17-12-15-7-8-16(17)11-15/h15-17,20H,4-13H2,1-3H3. The van der Waals surface area contributed by atoms with E-state index in [1.807, 2.05) is 6.92 Å². The van der Waals surface area contributed by atoms with Crippen molar-refractivity contribution in [2.24, 2.45) is 17.8 Å². The Kier molecular flexibility index (Phi) is 6.08. The zero-order valence-corrected chi connectivity index (χ0v) is 14.2. The van der Waals surface area contributed by atoms with Crippen LogP contribution in [0.4, 0.5) is 0 Å². The van der Waals surface area contributed by atoms with E-state index in [1.165, 1.54) is 45.2 Å². The molecule has 3 nitrogen and oxygen atoms in total. The quantitative estimate of drug-likeness (QED) is 0.662. The summed E-state index contributed by atoms with van der Waals surface area (Å²) in [5.41, 5.74) is -0.335. The van der Waals surface area contributed by atoms with E-state index < -0.39 is 0 Å². The van der Waals surface area contributed by atoms with E-state index in [9.17, 15) is 5.26 Å². The largest absolute Gasteiger partial charge is 0.306 e. The third-order valence-electron chi connectivity index (χ3n) is 5.71. The summed E-state index contributed by atoms with van der Waals surface area (Å²) in [6.07, 6.45) is 9.30. The monoisotopic (exact) mass is 291 g/mol. The molecule has 0 saturated heterocycles. The average molecular weight is 291 g/mol. The summed E-state index contributed by atoms with van der Waals surface area (Å²) in [5.74, 6) is 3.07. The van der Waals surface area contributed by atoms with Gasteiger partial charge in [0.05, 0.1) is 6.07 Å². The Morgan fingerprint density at radius 1 is 1.29 bits per heavy atom. The minimum atomic E-state index is -0.335. The lowest BCUT2D eigenvalue weighted by Crippen LogP contribution is -2.40. The number of unbranched alkanes of at least 4 members (excludes halogenated alkanes) is 1. The van der Waals surface area contributed by atoms with Crippen molar-refractivity contribution in [3.8, 4) is 6.07 Å². The lowest BCUT2D eigenvalue weighted by molar-refractivity contribution is 0.215. The Morgan fingerprint density at radius 2 is 2.10 bits per heavy atom. The first kappa shape index (κ1) is 16.8. The van der Waals surface area contributed by atoms with Crippen molar-refractivity contribution in [1.82, 2.24) is 10.2 Å². The summed E-state index contributed by atoms with van der Waals surface area (Å²) in [7, 11) is 2.28. The molecule has 21 heavy (non-hydrogen) atoms. The maximum Gasteiger partial charge on any atom is 0.103 e. The van der Waals surface area contributed by atoms with E-state index in [-0.39, 0.29) is 5.54 Å². The maximum absolute atomic E-state index is 9.25. The van der Waals surface area contributed by atoms with Gasteiger partial charge in [-0.15, -0.1) is 0 Å². The van der Waals surface area contributed by atoms with Gasteiger partial charge in [0.2, 0.25) is 0 Å². The maximum atomic E-state index is 9.25. The first-order valence-electron chi connectivity index (χ1n) is 8.91. The van der Waals surface area contributed by atoms with E-state index in [2.05, 4.69) is 30.3 Å². The molecule has 0 aliphatic heterocycles. The van der Waals surface area contributed by atoms with Crippen molar-refractivity contribution in [2.45, 2.75) is 64.3 Å². The molecule has 0 aromatic carbocycles. The zero-order valence-electron chi connectivity index (χ0n) is 14.2. The molecular weight excluding hydrogens is 258 g/mol. The lowest BCUT2D eigenvalue weighted by atomic mass is 9.88. The molecule has 0 heterocycles. The number of nitrogens with zero attached hydrogens (tertiary/aromatic N) is 2. The van der Waals surface area contributed by atoms with Crippen molar-refractivity contribution in [2.75, 3.05) is 26.7 Å². The number of hydrogen-bond acceptors (Lipinski definition) is 3. The fourth-order valence-corrected chi connectivity index (χ4v) is 4.53. The average Bonchev–Trinajstić information content (AvgIpc) is 3.06. The van der Waals surface area contributed by atoms with E-state index in [0.29, 0.717) is 0 Å². The SMILES string of the molecule is CCNC(C)(C#N)CCCCN(C)CC1CC2CCC1C2. The third-order valence-corrected chi connectivity index (χ3v) is 5.71. The highest BCUT2D eigenvalue weighted by Gasteiger charge is 2.39. The molecule has 4 atom stereocenters. The molecule has 0 aromatic heterocycles. The molecular formula is C18H33N3. The van der Waals surface area contributed by atoms with Gasteiger partial charge in [0.15, 0.2) is 0 Å². The summed E-state index contributed by atoms with van der Waals surface area (Å²) >= 11 is 0. The highest BCUT2D eigenvalue weighted by atomic mass is 15.1. The minimum Gasteiger partial charge on any atom is -0.306 e. The van der Waals surface area contributed by atoms with Crippen LogP contribution in [0.1, 0.15) is 58.8 Å². The van der Waals surface area contributed by atoms with Crippen LogP contribution >= 0.6 is 0 Å². The molecule has 2 fully saturated rings. The second kappa shape index (κ2) is 7.61. The highest BCUT2D eigenvalue weighted by molar-refractivity contribution is 5.03. The van der Waals surface area contributed by atoms with Gasteiger partial charge in [0.25, 0.3) is 0 Å². The Bertz CT molecular complexity index is 362. The van der Waals surface area contributed by atoms with Crippen molar-refractivity contribution in [3.63, 3.8) is 0 Å². The van der Waals surface area contributed by atoms with Crippen LogP contribution in [0.3, 0.4) is 0 Å². The van der Waals surface area contributed by atoms with Crippen LogP contribution in [0.5, 0.6) is 0 Å². The van der Waals surface area contributed by atoms with Crippen molar-refractivity contribution >= 4 is 0 Å². The van der Waals surface area contributed by atoms with Gasteiger partial charge in [-0.05, 0) is 83.3 Å². The number of nitriles is 1. The molecule has 0 aromatic rings. The van der Waals surface area contributed by atoms with Crippen molar-refractivity contribution in [1.29, 1.82) is 5.26 Å². The second-order valence-corrected chi connectivity index (χ2v) is 7.63. The molecule has 2 rings (SSSR count). The van der Waals surface area contributed by atoms with E-state index in [0.717, 1.165) is 37.1 Å². The summed E-state index contributed by atoms with van der Waals surface area (Å²) in [4.78, 5) is 2.53. The van der Waals surface area contributed by atoms with Gasteiger partial charge in [-0.1, -0.05) is 13.3 Å². The van der Waals surface area contributed by atoms with Gasteiger partial charge in [0, 0.05) is 6.54 Å². The number of hydrogen-bond donors (Lipinski definition) is 1. The van der Waals surface area contributed by atoms with Gasteiger partial charge in [-0.25, -0.2) is 0 Å². The Labute approximate surface area is 131 Å². The Morgan fingerprint density at radius 3 is 2.67 bits per heavy atom. The van der Waals surface area contributed by atoms with Gasteiger partial charge < -0.3 is 4.90 Å². The Hall–Kier alpha value is -0.590. The van der Waals surface area contributed by atoms with Crippen molar-refractivity contribution in [3.05, 3.63) is 0 Å². The molecule has 2 saturated carbocycles. The summed E-state index contributed by atoms with van der Waals surface area (Å²) in [6, 6.07) is 2.42. The smallest absolute Gasteiger partial charge is 0.103 e. The number of fused-ring (bicyclic) bond motifs is 2. The highest BCUT2D eigenvalue weighted by Crippen LogP contribution is 2.48. The van der Waals surface area contributed by atoms with Crippen LogP contribution in [0.25, 0.3) is 0 Å². The lowest BCUT2D eigenvalue weighted by Gasteiger charge is -2.27. The molecule has 1 N–H and O–H groups in total. The molecule has 0 radical (unpaired) electrons. The molecule has 3 heteroatoms. The second-order valence-electron chi connectivity index (χ2n) is 7.63. The Balaban J connectivity index is 1.59. The molecule has 2 aliphatic carbocycles. The summed E-state index contributed by atoms with van der Waals surface area (Å²) < 4.78 is 0. The van der Waals surface area contributed by atoms with Crippen LogP contribution in [-0.4, -0.2) is 37.1 Å². The van der Waals surface area contributed by atoms with Crippen LogP contribution in [-0.2, 0) is 0 Å². The van der Waals surface area contributed by atoms with E-state index in [4.69, 9.17) is 0 Å². The molecule has 4 unspecified atom stereocenters. The van der Waals surface area contributed by atoms with Crippen LogP contribution in [0.15, 0.2) is 0 Å². The zero-order chi connectivity index (χ0) is 15.3. The fraction of sp³-hybridized carbons (Fsp3) is 0.944. The third kappa shape index (κ3) is 4.69. The molecule has 120 valence electrons. The fourth-order valence-electron chi connectivity index (χ4n) is 4.53. The van der Waals surface area contributed by atoms with Crippen LogP contribution < -0.4 is 5.32 Å². The van der Waals surface area contributed by atoms with E-state index >= 15 is 0 Å². The minimum absolute atomic E-state index is 0.335. The number of rotatable bonds is 9. The van der Waals surface area contributed by atoms with Gasteiger partial charge in [-0.2, -0.15) is 5.26 Å². The topological polar surface area (TPSA) is 39.1 Å². The first-order chi connectivity index (χ1) is 10.1.